The van der Waals surface area contributed by atoms with Gasteiger partial charge in [0.05, 0.1) is 4.90 Å². The Labute approximate surface area is 194 Å². The molecule has 2 fully saturated rings. The number of piperidine rings is 2. The molecule has 2 aliphatic rings. The van der Waals surface area contributed by atoms with E-state index in [1.807, 2.05) is 18.7 Å². The maximum absolute atomic E-state index is 14.6. The molecule has 8 nitrogen and oxygen atoms in total. The van der Waals surface area contributed by atoms with Crippen LogP contribution in [0.25, 0.3) is 0 Å². The first-order valence-corrected chi connectivity index (χ1v) is 13.4. The van der Waals surface area contributed by atoms with Gasteiger partial charge in [-0.25, -0.2) is 12.8 Å². The van der Waals surface area contributed by atoms with Crippen molar-refractivity contribution in [2.45, 2.75) is 62.8 Å². The maximum Gasteiger partial charge on any atom is 0.324 e. The molecule has 0 saturated carbocycles. The fraction of sp³-hybridized carbons (Fsp3) is 0.609. The molecule has 3 heterocycles. The Morgan fingerprint density at radius 1 is 1.18 bits per heavy atom. The van der Waals surface area contributed by atoms with Crippen molar-refractivity contribution in [1.29, 1.82) is 0 Å². The summed E-state index contributed by atoms with van der Waals surface area (Å²) in [6, 6.07) is 4.63. The van der Waals surface area contributed by atoms with Crippen LogP contribution in [-0.2, 0) is 21.1 Å². The van der Waals surface area contributed by atoms with Gasteiger partial charge in [0.15, 0.2) is 15.7 Å². The third-order valence-corrected chi connectivity index (χ3v) is 7.74. The van der Waals surface area contributed by atoms with Gasteiger partial charge in [-0.2, -0.15) is 4.98 Å². The molecular weight excluding hydrogens is 447 g/mol. The van der Waals surface area contributed by atoms with Crippen molar-refractivity contribution in [2.24, 2.45) is 5.92 Å². The number of benzene rings is 1. The highest BCUT2D eigenvalue weighted by atomic mass is 32.2. The molecule has 2 aromatic rings. The van der Waals surface area contributed by atoms with Gasteiger partial charge in [0.1, 0.15) is 5.82 Å². The Morgan fingerprint density at radius 3 is 2.52 bits per heavy atom. The zero-order valence-corrected chi connectivity index (χ0v) is 20.1. The molecule has 0 bridgehead atoms. The number of anilines is 1. The number of nitrogens with zero attached hydrogens (tertiary/aromatic N) is 4. The second-order valence-corrected chi connectivity index (χ2v) is 11.4. The number of hydrogen-bond donors (Lipinski definition) is 0. The highest BCUT2D eigenvalue weighted by Gasteiger charge is 2.36. The van der Waals surface area contributed by atoms with Crippen LogP contribution in [0.3, 0.4) is 0 Å². The number of sulfone groups is 1. The van der Waals surface area contributed by atoms with Gasteiger partial charge >= 0.3 is 6.01 Å². The Balaban J connectivity index is 1.38. The summed E-state index contributed by atoms with van der Waals surface area (Å²) >= 11 is 0. The number of carbonyl (C=O) groups is 1. The van der Waals surface area contributed by atoms with Gasteiger partial charge in [0, 0.05) is 43.8 Å². The predicted molar refractivity (Wildman–Crippen MR) is 121 cm³/mol. The van der Waals surface area contributed by atoms with Crippen LogP contribution >= 0.6 is 0 Å². The monoisotopic (exact) mass is 478 g/mol. The van der Waals surface area contributed by atoms with Gasteiger partial charge in [0.25, 0.3) is 0 Å². The van der Waals surface area contributed by atoms with Gasteiger partial charge in [-0.15, -0.1) is 0 Å². The standard InChI is InChI=1S/C23H31FN4O4S/c1-15(2)21-25-23(32-26-21)27-11-8-18(9-12-27)28-10-4-5-17(22(28)29)13-16-6-7-19(14-20(16)24)33(3,30)31/h6-7,14-15,17-18H,4-5,8-13H2,1-3H3/t17-/m1/s1. The number of rotatable bonds is 6. The minimum atomic E-state index is -3.47. The van der Waals surface area contributed by atoms with Crippen molar-refractivity contribution in [3.63, 3.8) is 0 Å². The van der Waals surface area contributed by atoms with Crippen LogP contribution in [-0.4, -0.2) is 61.3 Å². The average Bonchev–Trinajstić information content (AvgIpc) is 3.27. The zero-order valence-electron chi connectivity index (χ0n) is 19.3. The fourth-order valence-electron chi connectivity index (χ4n) is 4.68. The van der Waals surface area contributed by atoms with Crippen LogP contribution < -0.4 is 4.90 Å². The minimum absolute atomic E-state index is 0.0473. The van der Waals surface area contributed by atoms with Crippen LogP contribution in [0.2, 0.25) is 0 Å². The van der Waals surface area contributed by atoms with Gasteiger partial charge in [-0.1, -0.05) is 25.1 Å². The molecule has 0 unspecified atom stereocenters. The molecule has 0 aliphatic carbocycles. The lowest BCUT2D eigenvalue weighted by Gasteiger charge is -2.41. The number of halogens is 1. The molecule has 1 atom stereocenters. The first-order chi connectivity index (χ1) is 15.6. The van der Waals surface area contributed by atoms with E-state index < -0.39 is 15.7 Å². The molecular formula is C23H31FN4O4S. The smallest absolute Gasteiger partial charge is 0.324 e. The third-order valence-electron chi connectivity index (χ3n) is 6.63. The Morgan fingerprint density at radius 2 is 1.91 bits per heavy atom. The average molecular weight is 479 g/mol. The Bertz CT molecular complexity index is 1110. The number of likely N-dealkylation sites (tertiary alicyclic amines) is 1. The highest BCUT2D eigenvalue weighted by Crippen LogP contribution is 2.29. The largest absolute Gasteiger partial charge is 0.339 e. The molecule has 1 amide bonds. The van der Waals surface area contributed by atoms with Crippen LogP contribution in [0.4, 0.5) is 10.4 Å². The van der Waals surface area contributed by atoms with E-state index in [1.54, 1.807) is 0 Å². The number of aromatic nitrogens is 2. The summed E-state index contributed by atoms with van der Waals surface area (Å²) < 4.78 is 43.3. The third kappa shape index (κ3) is 5.20. The maximum atomic E-state index is 14.6. The second-order valence-electron chi connectivity index (χ2n) is 9.41. The summed E-state index contributed by atoms with van der Waals surface area (Å²) in [4.78, 5) is 21.7. The van der Waals surface area contributed by atoms with Crippen molar-refractivity contribution in [3.8, 4) is 0 Å². The number of hydrogen-bond acceptors (Lipinski definition) is 7. The molecule has 0 N–H and O–H groups in total. The topological polar surface area (TPSA) is 96.6 Å². The van der Waals surface area contributed by atoms with Crippen LogP contribution in [0.1, 0.15) is 56.8 Å². The van der Waals surface area contributed by atoms with Crippen LogP contribution in [0.15, 0.2) is 27.6 Å². The summed E-state index contributed by atoms with van der Waals surface area (Å²) in [6.45, 7) is 6.23. The van der Waals surface area contributed by atoms with E-state index in [4.69, 9.17) is 4.52 Å². The summed E-state index contributed by atoms with van der Waals surface area (Å²) in [6.07, 6.45) is 4.55. The molecule has 0 spiro atoms. The van der Waals surface area contributed by atoms with E-state index >= 15 is 0 Å². The van der Waals surface area contributed by atoms with E-state index in [-0.39, 0.29) is 35.1 Å². The molecule has 2 aliphatic heterocycles. The van der Waals surface area contributed by atoms with Crippen LogP contribution in [0.5, 0.6) is 0 Å². The molecule has 2 saturated heterocycles. The molecule has 180 valence electrons. The highest BCUT2D eigenvalue weighted by molar-refractivity contribution is 7.90. The summed E-state index contributed by atoms with van der Waals surface area (Å²) in [5, 5.41) is 4.03. The van der Waals surface area contributed by atoms with E-state index in [0.29, 0.717) is 30.4 Å². The molecule has 1 aromatic heterocycles. The summed E-state index contributed by atoms with van der Waals surface area (Å²) in [7, 11) is -3.47. The molecule has 33 heavy (non-hydrogen) atoms. The van der Waals surface area contributed by atoms with E-state index in [0.717, 1.165) is 44.7 Å². The van der Waals surface area contributed by atoms with Crippen molar-refractivity contribution >= 4 is 21.8 Å². The van der Waals surface area contributed by atoms with Crippen molar-refractivity contribution in [2.75, 3.05) is 30.8 Å². The van der Waals surface area contributed by atoms with Crippen molar-refractivity contribution in [1.82, 2.24) is 15.0 Å². The molecule has 4 rings (SSSR count). The van der Waals surface area contributed by atoms with E-state index in [9.17, 15) is 17.6 Å². The normalized spacial score (nSPS) is 20.6. The lowest BCUT2D eigenvalue weighted by Crippen LogP contribution is -2.52. The van der Waals surface area contributed by atoms with Gasteiger partial charge in [0.2, 0.25) is 5.91 Å². The van der Waals surface area contributed by atoms with E-state index in [1.165, 1.54) is 12.1 Å². The lowest BCUT2D eigenvalue weighted by atomic mass is 9.88. The number of amides is 1. The molecule has 1 aromatic carbocycles. The summed E-state index contributed by atoms with van der Waals surface area (Å²) in [5.41, 5.74) is 0.384. The predicted octanol–water partition coefficient (Wildman–Crippen LogP) is 3.19. The summed E-state index contributed by atoms with van der Waals surface area (Å²) in [5.74, 6) is 0.0934. The Hall–Kier alpha value is -2.49. The van der Waals surface area contributed by atoms with Gasteiger partial charge < -0.3 is 14.3 Å². The second kappa shape index (κ2) is 9.40. The van der Waals surface area contributed by atoms with Gasteiger partial charge in [-0.3, -0.25) is 4.79 Å². The number of carbonyl (C=O) groups excluding carboxylic acids is 1. The van der Waals surface area contributed by atoms with Crippen molar-refractivity contribution < 1.29 is 22.1 Å². The Kier molecular flexibility index (Phi) is 6.74. The molecule has 0 radical (unpaired) electrons. The minimum Gasteiger partial charge on any atom is -0.339 e. The SMILES string of the molecule is CC(C)c1noc(N2CCC(N3CCC[C@H](Cc4ccc(S(C)(=O)=O)cc4F)C3=O)CC2)n1. The first-order valence-electron chi connectivity index (χ1n) is 11.5. The van der Waals surface area contributed by atoms with E-state index in [2.05, 4.69) is 15.0 Å². The zero-order chi connectivity index (χ0) is 23.8. The fourth-order valence-corrected chi connectivity index (χ4v) is 5.31. The van der Waals surface area contributed by atoms with Crippen LogP contribution in [0, 0.1) is 11.7 Å². The lowest BCUT2D eigenvalue weighted by molar-refractivity contribution is -0.141. The van der Waals surface area contributed by atoms with Gasteiger partial charge in [-0.05, 0) is 49.8 Å². The van der Waals surface area contributed by atoms with Crippen molar-refractivity contribution in [3.05, 3.63) is 35.4 Å². The molecule has 10 heteroatoms. The quantitative estimate of drug-likeness (QED) is 0.629. The first kappa shape index (κ1) is 23.7.